The Kier molecular flexibility index (Phi) is 11.0. The van der Waals surface area contributed by atoms with Gasteiger partial charge >= 0.3 is 12.1 Å². The van der Waals surface area contributed by atoms with Crippen LogP contribution in [0.2, 0.25) is 0 Å². The molecular formula is C40H66N2O5. The number of fused-ring (bicyclic) bond motifs is 5. The smallest absolute Gasteiger partial charge is 0.410 e. The molecule has 5 aliphatic carbocycles. The van der Waals surface area contributed by atoms with Gasteiger partial charge in [-0.3, -0.25) is 14.5 Å². The van der Waals surface area contributed by atoms with Gasteiger partial charge in [0.05, 0.1) is 13.1 Å². The third kappa shape index (κ3) is 7.31. The average Bonchev–Trinajstić information content (AvgIpc) is 3.76. The number of rotatable bonds is 14. The Labute approximate surface area is 285 Å². The molecule has 6 aliphatic rings. The SMILES string of the molecule is CCCCN(CCCC)CC(CN1C[C@]2(CC[C@@]3(C)[C@@H](CC[C@@H]4[C@@H]3CC[C@]3(C)C(=O)CC[C@@H]43)C2)OC1=O)OC(=O)CCC1CCCC1. The third-order valence-corrected chi connectivity index (χ3v) is 14.6. The van der Waals surface area contributed by atoms with E-state index in [2.05, 4.69) is 32.6 Å². The first kappa shape index (κ1) is 35.2. The van der Waals surface area contributed by atoms with Gasteiger partial charge in [0.25, 0.3) is 0 Å². The molecule has 0 aromatic rings. The Morgan fingerprint density at radius 3 is 2.43 bits per heavy atom. The maximum absolute atomic E-state index is 13.6. The number of amides is 1. The molecule has 0 aromatic heterocycles. The van der Waals surface area contributed by atoms with Crippen LogP contribution in [0.25, 0.3) is 0 Å². The van der Waals surface area contributed by atoms with Gasteiger partial charge in [0.1, 0.15) is 17.5 Å². The molecule has 7 heteroatoms. The highest BCUT2D eigenvalue weighted by Gasteiger charge is 2.63. The second-order valence-electron chi connectivity index (χ2n) is 17.5. The molecule has 6 fully saturated rings. The summed E-state index contributed by atoms with van der Waals surface area (Å²) in [6.07, 6.45) is 19.9. The first-order valence-electron chi connectivity index (χ1n) is 20.0. The molecule has 1 amide bonds. The molecule has 7 nitrogen and oxygen atoms in total. The van der Waals surface area contributed by atoms with E-state index in [1.807, 2.05) is 4.90 Å². The Bertz CT molecular complexity index is 1110. The molecule has 1 saturated heterocycles. The predicted octanol–water partition coefficient (Wildman–Crippen LogP) is 8.57. The van der Waals surface area contributed by atoms with Crippen LogP contribution in [0.4, 0.5) is 4.79 Å². The van der Waals surface area contributed by atoms with Gasteiger partial charge < -0.3 is 14.4 Å². The Morgan fingerprint density at radius 2 is 1.70 bits per heavy atom. The van der Waals surface area contributed by atoms with Crippen LogP contribution in [-0.4, -0.2) is 72.1 Å². The molecule has 266 valence electrons. The lowest BCUT2D eigenvalue weighted by Crippen LogP contribution is -2.56. The number of nitrogens with zero attached hydrogens (tertiary/aromatic N) is 2. The quantitative estimate of drug-likeness (QED) is 0.175. The van der Waals surface area contributed by atoms with Crippen LogP contribution in [0.3, 0.4) is 0 Å². The summed E-state index contributed by atoms with van der Waals surface area (Å²) < 4.78 is 12.6. The first-order chi connectivity index (χ1) is 22.6. The van der Waals surface area contributed by atoms with Gasteiger partial charge in [0.2, 0.25) is 0 Å². The summed E-state index contributed by atoms with van der Waals surface area (Å²) in [7, 11) is 0. The monoisotopic (exact) mass is 654 g/mol. The van der Waals surface area contributed by atoms with E-state index < -0.39 is 5.60 Å². The fourth-order valence-corrected chi connectivity index (χ4v) is 11.7. The molecule has 47 heavy (non-hydrogen) atoms. The van der Waals surface area contributed by atoms with E-state index in [0.29, 0.717) is 61.4 Å². The fraction of sp³-hybridized carbons (Fsp3) is 0.925. The molecule has 5 saturated carbocycles. The lowest BCUT2D eigenvalue weighted by molar-refractivity contribution is -0.151. The third-order valence-electron chi connectivity index (χ3n) is 14.6. The molecule has 0 bridgehead atoms. The van der Waals surface area contributed by atoms with Gasteiger partial charge in [-0.15, -0.1) is 0 Å². The zero-order valence-electron chi connectivity index (χ0n) is 30.4. The zero-order chi connectivity index (χ0) is 33.2. The summed E-state index contributed by atoms with van der Waals surface area (Å²) in [5, 5.41) is 0. The van der Waals surface area contributed by atoms with E-state index in [0.717, 1.165) is 83.7 Å². The van der Waals surface area contributed by atoms with E-state index >= 15 is 0 Å². The largest absolute Gasteiger partial charge is 0.459 e. The zero-order valence-corrected chi connectivity index (χ0v) is 30.4. The minimum absolute atomic E-state index is 0.0824. The molecule has 0 radical (unpaired) electrons. The van der Waals surface area contributed by atoms with Crippen LogP contribution >= 0.6 is 0 Å². The molecule has 0 aromatic carbocycles. The highest BCUT2D eigenvalue weighted by atomic mass is 16.6. The highest BCUT2D eigenvalue weighted by molar-refractivity contribution is 5.87. The number of hydrogen-bond acceptors (Lipinski definition) is 6. The minimum Gasteiger partial charge on any atom is -0.459 e. The van der Waals surface area contributed by atoms with E-state index in [9.17, 15) is 14.4 Å². The van der Waals surface area contributed by atoms with Crippen molar-refractivity contribution in [3.63, 3.8) is 0 Å². The van der Waals surface area contributed by atoms with Crippen LogP contribution in [-0.2, 0) is 19.1 Å². The maximum Gasteiger partial charge on any atom is 0.410 e. The number of hydrogen-bond donors (Lipinski definition) is 0. The molecule has 6 rings (SSSR count). The van der Waals surface area contributed by atoms with Crippen molar-refractivity contribution < 1.29 is 23.9 Å². The standard InChI is InChI=1S/C40H66N2O5/c1-5-7-23-41(24-8-6-2)26-31(46-36(44)18-13-29-11-9-10-12-29)27-42-28-40(47-37(42)45)22-21-38(3)30(25-40)14-15-32-33-16-17-35(43)39(33,4)20-19-34(32)38/h29-34H,5-28H2,1-4H3/t30-,31?,32-,33-,34-,38-,39-,40+/m0/s1. The Hall–Kier alpha value is -1.63. The van der Waals surface area contributed by atoms with Gasteiger partial charge in [0, 0.05) is 24.8 Å². The van der Waals surface area contributed by atoms with Crippen molar-refractivity contribution in [2.45, 2.75) is 161 Å². The van der Waals surface area contributed by atoms with E-state index in [-0.39, 0.29) is 29.0 Å². The van der Waals surface area contributed by atoms with Crippen LogP contribution in [0.15, 0.2) is 0 Å². The van der Waals surface area contributed by atoms with Crippen molar-refractivity contribution in [3.8, 4) is 0 Å². The van der Waals surface area contributed by atoms with Crippen LogP contribution in [0.5, 0.6) is 0 Å². The van der Waals surface area contributed by atoms with Crippen LogP contribution < -0.4 is 0 Å². The predicted molar refractivity (Wildman–Crippen MR) is 185 cm³/mol. The van der Waals surface area contributed by atoms with E-state index in [1.54, 1.807) is 0 Å². The molecule has 1 aliphatic heterocycles. The second kappa shape index (κ2) is 14.7. The van der Waals surface area contributed by atoms with Crippen molar-refractivity contribution in [2.24, 2.45) is 40.4 Å². The van der Waals surface area contributed by atoms with Gasteiger partial charge in [-0.1, -0.05) is 66.2 Å². The molecule has 0 N–H and O–H groups in total. The number of ether oxygens (including phenoxy) is 2. The summed E-state index contributed by atoms with van der Waals surface area (Å²) in [4.78, 5) is 44.0. The number of carbonyl (C=O) groups is 3. The molecule has 1 unspecified atom stereocenters. The first-order valence-corrected chi connectivity index (χ1v) is 20.0. The normalized spacial score (nSPS) is 37.6. The molecule has 1 spiro atoms. The Balaban J connectivity index is 1.10. The van der Waals surface area contributed by atoms with Crippen molar-refractivity contribution in [1.82, 2.24) is 9.80 Å². The minimum atomic E-state index is -0.429. The molecule has 1 heterocycles. The van der Waals surface area contributed by atoms with Crippen molar-refractivity contribution in [2.75, 3.05) is 32.7 Å². The topological polar surface area (TPSA) is 76.2 Å². The van der Waals surface area contributed by atoms with E-state index in [1.165, 1.54) is 44.9 Å². The van der Waals surface area contributed by atoms with E-state index in [4.69, 9.17) is 9.47 Å². The summed E-state index contributed by atoms with van der Waals surface area (Å²) in [5.74, 6) is 3.54. The summed E-state index contributed by atoms with van der Waals surface area (Å²) in [5.41, 5.74) is -0.250. The molecule has 8 atom stereocenters. The number of ketones is 1. The van der Waals surface area contributed by atoms with Gasteiger partial charge in [-0.2, -0.15) is 0 Å². The summed E-state index contributed by atoms with van der Waals surface area (Å²) >= 11 is 0. The fourth-order valence-electron chi connectivity index (χ4n) is 11.7. The van der Waals surface area contributed by atoms with Gasteiger partial charge in [0.15, 0.2) is 0 Å². The number of esters is 1. The number of unbranched alkanes of at least 4 members (excludes halogenated alkanes) is 2. The number of Topliss-reactive ketones (excluding diaryl/α,β-unsaturated/α-hetero) is 1. The lowest BCUT2D eigenvalue weighted by Gasteiger charge is -2.61. The summed E-state index contributed by atoms with van der Waals surface area (Å²) in [6.45, 7) is 13.0. The average molecular weight is 655 g/mol. The van der Waals surface area contributed by atoms with Crippen LogP contribution in [0, 0.1) is 40.4 Å². The lowest BCUT2D eigenvalue weighted by atomic mass is 9.44. The Morgan fingerprint density at radius 1 is 0.957 bits per heavy atom. The summed E-state index contributed by atoms with van der Waals surface area (Å²) in [6, 6.07) is 0. The maximum atomic E-state index is 13.6. The second-order valence-corrected chi connectivity index (χ2v) is 17.5. The van der Waals surface area contributed by atoms with Crippen LogP contribution in [0.1, 0.15) is 150 Å². The molecular weight excluding hydrogens is 588 g/mol. The highest BCUT2D eigenvalue weighted by Crippen LogP contribution is 2.66. The van der Waals surface area contributed by atoms with Crippen molar-refractivity contribution in [3.05, 3.63) is 0 Å². The number of carbonyl (C=O) groups excluding carboxylic acids is 3. The van der Waals surface area contributed by atoms with Gasteiger partial charge in [-0.25, -0.2) is 4.79 Å². The van der Waals surface area contributed by atoms with Crippen molar-refractivity contribution >= 4 is 17.8 Å². The van der Waals surface area contributed by atoms with Crippen molar-refractivity contribution in [1.29, 1.82) is 0 Å². The van der Waals surface area contributed by atoms with Gasteiger partial charge in [-0.05, 0) is 119 Å².